The monoisotopic (exact) mass is 512 g/mol. The Morgan fingerprint density at radius 2 is 1.74 bits per heavy atom. The summed E-state index contributed by atoms with van der Waals surface area (Å²) in [6, 6.07) is 18.0. The van der Waals surface area contributed by atoms with Gasteiger partial charge in [-0.3, -0.25) is 14.7 Å². The van der Waals surface area contributed by atoms with Crippen molar-refractivity contribution in [2.75, 3.05) is 0 Å². The van der Waals surface area contributed by atoms with Gasteiger partial charge in [0.05, 0.1) is 17.3 Å². The summed E-state index contributed by atoms with van der Waals surface area (Å²) in [5.41, 5.74) is 5.48. The van der Waals surface area contributed by atoms with Crippen LogP contribution in [0.1, 0.15) is 54.5 Å². The number of aliphatic carboxylic acids is 1. The van der Waals surface area contributed by atoms with Crippen LogP contribution < -0.4 is 5.56 Å². The number of aromatic hydroxyl groups is 1. The summed E-state index contributed by atoms with van der Waals surface area (Å²) >= 11 is 0. The molecule has 0 saturated heterocycles. The Bertz CT molecular complexity index is 1550. The molecule has 1 aromatic heterocycles. The molecule has 3 aromatic carbocycles. The number of hydrogen-bond donors (Lipinski definition) is 3. The van der Waals surface area contributed by atoms with E-state index in [2.05, 4.69) is 15.3 Å². The summed E-state index contributed by atoms with van der Waals surface area (Å²) < 4.78 is 1.43. The van der Waals surface area contributed by atoms with E-state index in [1.54, 1.807) is 49.4 Å². The van der Waals surface area contributed by atoms with Gasteiger partial charge in [0.15, 0.2) is 11.4 Å². The quantitative estimate of drug-likeness (QED) is 0.205. The van der Waals surface area contributed by atoms with Crippen molar-refractivity contribution in [3.63, 3.8) is 0 Å². The van der Waals surface area contributed by atoms with Gasteiger partial charge in [0.2, 0.25) is 0 Å². The summed E-state index contributed by atoms with van der Waals surface area (Å²) in [5, 5.41) is 32.0. The lowest BCUT2D eigenvalue weighted by Gasteiger charge is -2.13. The number of unbranched alkanes of at least 4 members (excludes halogenated alkanes) is 1. The third kappa shape index (κ3) is 5.44. The minimum Gasteiger partial charge on any atom is -0.505 e. The molecule has 0 aliphatic carbocycles. The number of azo groups is 1. The molecule has 0 aliphatic heterocycles. The van der Waals surface area contributed by atoms with Gasteiger partial charge >= 0.3 is 5.97 Å². The predicted octanol–water partition coefficient (Wildman–Crippen LogP) is 7.24. The van der Waals surface area contributed by atoms with E-state index in [1.165, 1.54) is 4.68 Å². The first-order valence-corrected chi connectivity index (χ1v) is 12.7. The fourth-order valence-corrected chi connectivity index (χ4v) is 4.39. The summed E-state index contributed by atoms with van der Waals surface area (Å²) in [6.07, 6.45) is 2.35. The third-order valence-corrected chi connectivity index (χ3v) is 6.83. The molecule has 196 valence electrons. The fraction of sp³-hybridized carbons (Fsp3) is 0.267. The van der Waals surface area contributed by atoms with Crippen molar-refractivity contribution in [2.24, 2.45) is 10.2 Å². The van der Waals surface area contributed by atoms with Crippen LogP contribution in [0.3, 0.4) is 0 Å². The first kappa shape index (κ1) is 26.6. The predicted molar refractivity (Wildman–Crippen MR) is 148 cm³/mol. The van der Waals surface area contributed by atoms with E-state index in [9.17, 15) is 19.8 Å². The molecule has 3 N–H and O–H groups in total. The molecule has 38 heavy (non-hydrogen) atoms. The Morgan fingerprint density at radius 3 is 2.39 bits per heavy atom. The van der Waals surface area contributed by atoms with Gasteiger partial charge in [-0.15, -0.1) is 10.2 Å². The van der Waals surface area contributed by atoms with Gasteiger partial charge in [0.1, 0.15) is 5.69 Å². The third-order valence-electron chi connectivity index (χ3n) is 6.83. The number of nitrogens with zero attached hydrogens (tertiary/aromatic N) is 3. The van der Waals surface area contributed by atoms with Gasteiger partial charge in [0, 0.05) is 5.56 Å². The smallest absolute Gasteiger partial charge is 0.310 e. The number of phenolic OH excluding ortho intramolecular Hbond substituents is 1. The van der Waals surface area contributed by atoms with Crippen molar-refractivity contribution >= 4 is 17.3 Å². The molecule has 4 aromatic rings. The van der Waals surface area contributed by atoms with E-state index in [0.29, 0.717) is 23.4 Å². The molecule has 0 bridgehead atoms. The standard InChI is InChI=1S/C30H32N4O4/c1-5-6-8-25(30(37)38)22-14-12-21(13-15-22)24-9-7-10-26(28(24)35)31-32-27-20(4)33-34(29(27)36)23-16-11-18(2)19(3)17-23/h7,9-17,25,33,35H,5-6,8H2,1-4H3,(H,37,38). The Kier molecular flexibility index (Phi) is 7.90. The second-order valence-corrected chi connectivity index (χ2v) is 9.52. The molecule has 0 aliphatic rings. The number of H-pyrrole nitrogens is 1. The van der Waals surface area contributed by atoms with E-state index < -0.39 is 11.9 Å². The van der Waals surface area contributed by atoms with Crippen LogP contribution in [0.25, 0.3) is 16.8 Å². The minimum atomic E-state index is -0.840. The van der Waals surface area contributed by atoms with E-state index >= 15 is 0 Å². The van der Waals surface area contributed by atoms with Crippen molar-refractivity contribution in [3.05, 3.63) is 93.4 Å². The Labute approximate surface area is 221 Å². The SMILES string of the molecule is CCCCC(C(=O)O)c1ccc(-c2cccc(N=Nc3c(C)[nH]n(-c4ccc(C)c(C)c4)c3=O)c2O)cc1. The molecular formula is C30H32N4O4. The topological polar surface area (TPSA) is 120 Å². The van der Waals surface area contributed by atoms with E-state index in [1.807, 2.05) is 39.0 Å². The molecule has 8 heteroatoms. The Morgan fingerprint density at radius 1 is 1.00 bits per heavy atom. The molecular weight excluding hydrogens is 480 g/mol. The molecule has 4 rings (SSSR count). The van der Waals surface area contributed by atoms with Gasteiger partial charge in [-0.1, -0.05) is 62.2 Å². The minimum absolute atomic E-state index is 0.0764. The number of nitrogens with one attached hydrogen (secondary N) is 1. The van der Waals surface area contributed by atoms with Crippen LogP contribution in [0, 0.1) is 20.8 Å². The van der Waals surface area contributed by atoms with Crippen LogP contribution in [0.15, 0.2) is 75.7 Å². The number of rotatable bonds is 9. The Balaban J connectivity index is 1.62. The highest BCUT2D eigenvalue weighted by Gasteiger charge is 2.20. The molecule has 0 saturated carbocycles. The van der Waals surface area contributed by atoms with Crippen LogP contribution in [0.5, 0.6) is 5.75 Å². The number of benzene rings is 3. The van der Waals surface area contributed by atoms with E-state index in [4.69, 9.17) is 0 Å². The van der Waals surface area contributed by atoms with Crippen LogP contribution in [0.2, 0.25) is 0 Å². The average molecular weight is 513 g/mol. The van der Waals surface area contributed by atoms with Crippen molar-refractivity contribution in [1.82, 2.24) is 9.78 Å². The highest BCUT2D eigenvalue weighted by molar-refractivity contribution is 5.79. The molecule has 1 unspecified atom stereocenters. The fourth-order valence-electron chi connectivity index (χ4n) is 4.39. The largest absolute Gasteiger partial charge is 0.505 e. The lowest BCUT2D eigenvalue weighted by atomic mass is 9.92. The highest BCUT2D eigenvalue weighted by atomic mass is 16.4. The second-order valence-electron chi connectivity index (χ2n) is 9.52. The molecule has 0 fully saturated rings. The molecule has 0 radical (unpaired) electrons. The number of hydrogen-bond acceptors (Lipinski definition) is 5. The van der Waals surface area contributed by atoms with Crippen LogP contribution >= 0.6 is 0 Å². The number of para-hydroxylation sites is 1. The molecule has 0 spiro atoms. The number of aryl methyl sites for hydroxylation is 3. The Hall–Kier alpha value is -4.46. The number of aromatic nitrogens is 2. The summed E-state index contributed by atoms with van der Waals surface area (Å²) in [4.78, 5) is 24.8. The van der Waals surface area contributed by atoms with Crippen LogP contribution in [-0.4, -0.2) is 26.0 Å². The number of carboxylic acids is 1. The highest BCUT2D eigenvalue weighted by Crippen LogP contribution is 2.38. The van der Waals surface area contributed by atoms with Crippen molar-refractivity contribution < 1.29 is 15.0 Å². The van der Waals surface area contributed by atoms with Crippen LogP contribution in [0.4, 0.5) is 11.4 Å². The number of aromatic amines is 1. The van der Waals surface area contributed by atoms with E-state index in [-0.39, 0.29) is 22.7 Å². The first-order valence-electron chi connectivity index (χ1n) is 12.7. The first-order chi connectivity index (χ1) is 18.2. The van der Waals surface area contributed by atoms with Gasteiger partial charge in [-0.25, -0.2) is 4.68 Å². The summed E-state index contributed by atoms with van der Waals surface area (Å²) in [5.74, 6) is -1.48. The molecule has 0 amide bonds. The van der Waals surface area contributed by atoms with Gasteiger partial charge in [-0.2, -0.15) is 0 Å². The lowest BCUT2D eigenvalue weighted by Crippen LogP contribution is -2.14. The van der Waals surface area contributed by atoms with Crippen LogP contribution in [-0.2, 0) is 4.79 Å². The van der Waals surface area contributed by atoms with Crippen molar-refractivity contribution in [2.45, 2.75) is 52.9 Å². The summed E-state index contributed by atoms with van der Waals surface area (Å²) in [6.45, 7) is 7.78. The zero-order chi connectivity index (χ0) is 27.4. The zero-order valence-corrected chi connectivity index (χ0v) is 22.0. The summed E-state index contributed by atoms with van der Waals surface area (Å²) in [7, 11) is 0. The lowest BCUT2D eigenvalue weighted by molar-refractivity contribution is -0.139. The maximum absolute atomic E-state index is 13.1. The number of carbonyl (C=O) groups is 1. The van der Waals surface area contributed by atoms with Crippen molar-refractivity contribution in [3.8, 4) is 22.6 Å². The van der Waals surface area contributed by atoms with Crippen molar-refractivity contribution in [1.29, 1.82) is 0 Å². The second kappa shape index (κ2) is 11.3. The van der Waals surface area contributed by atoms with Gasteiger partial charge < -0.3 is 10.2 Å². The molecule has 8 nitrogen and oxygen atoms in total. The maximum Gasteiger partial charge on any atom is 0.310 e. The molecule has 1 atom stereocenters. The normalized spacial score (nSPS) is 12.2. The average Bonchev–Trinajstić information content (AvgIpc) is 3.18. The maximum atomic E-state index is 13.1. The van der Waals surface area contributed by atoms with Gasteiger partial charge in [0.25, 0.3) is 5.56 Å². The van der Waals surface area contributed by atoms with E-state index in [0.717, 1.165) is 35.1 Å². The number of phenols is 1. The zero-order valence-electron chi connectivity index (χ0n) is 22.0. The molecule has 1 heterocycles. The number of carboxylic acid groups (broad SMARTS) is 1. The van der Waals surface area contributed by atoms with Gasteiger partial charge in [-0.05, 0) is 67.6 Å².